The fourth-order valence-corrected chi connectivity index (χ4v) is 6.76. The molecule has 108 valence electrons. The molecule has 0 amide bonds. The number of thiophene rings is 1. The van der Waals surface area contributed by atoms with Crippen molar-refractivity contribution in [3.05, 3.63) is 35.2 Å². The summed E-state index contributed by atoms with van der Waals surface area (Å²) in [6, 6.07) is 8.39. The quantitative estimate of drug-likeness (QED) is 0.687. The SMILES string of the molecule is O=C(c1cccc2ccsc12)C12CC3CC(CC(C3)C1)C2. The molecule has 4 aliphatic rings. The van der Waals surface area contributed by atoms with Crippen molar-refractivity contribution in [1.29, 1.82) is 0 Å². The lowest BCUT2D eigenvalue weighted by Gasteiger charge is -2.56. The van der Waals surface area contributed by atoms with E-state index in [9.17, 15) is 4.79 Å². The maximum atomic E-state index is 13.4. The molecule has 4 aliphatic carbocycles. The molecule has 4 saturated carbocycles. The zero-order chi connectivity index (χ0) is 14.0. The average Bonchev–Trinajstić information content (AvgIpc) is 2.93. The molecule has 21 heavy (non-hydrogen) atoms. The largest absolute Gasteiger partial charge is 0.294 e. The summed E-state index contributed by atoms with van der Waals surface area (Å²) < 4.78 is 1.21. The van der Waals surface area contributed by atoms with Crippen LogP contribution in [0.15, 0.2) is 29.6 Å². The zero-order valence-corrected chi connectivity index (χ0v) is 13.0. The Labute approximate surface area is 129 Å². The Morgan fingerprint density at radius 1 is 1.00 bits per heavy atom. The van der Waals surface area contributed by atoms with Crippen molar-refractivity contribution >= 4 is 27.2 Å². The zero-order valence-electron chi connectivity index (χ0n) is 12.2. The van der Waals surface area contributed by atoms with Crippen LogP contribution in [-0.4, -0.2) is 5.78 Å². The van der Waals surface area contributed by atoms with Crippen molar-refractivity contribution in [3.8, 4) is 0 Å². The summed E-state index contributed by atoms with van der Waals surface area (Å²) in [5.41, 5.74) is 0.997. The summed E-state index contributed by atoms with van der Waals surface area (Å²) in [5.74, 6) is 2.97. The first-order valence-corrected chi connectivity index (χ1v) is 9.12. The first-order valence-electron chi connectivity index (χ1n) is 8.24. The number of carbonyl (C=O) groups excluding carboxylic acids is 1. The summed E-state index contributed by atoms with van der Waals surface area (Å²) in [7, 11) is 0. The maximum Gasteiger partial charge on any atom is 0.170 e. The van der Waals surface area contributed by atoms with Crippen LogP contribution < -0.4 is 0 Å². The third kappa shape index (κ3) is 1.72. The van der Waals surface area contributed by atoms with Crippen molar-refractivity contribution < 1.29 is 4.79 Å². The van der Waals surface area contributed by atoms with E-state index in [4.69, 9.17) is 0 Å². The summed E-state index contributed by atoms with van der Waals surface area (Å²) in [5, 5.41) is 3.34. The van der Waals surface area contributed by atoms with E-state index in [0.717, 1.165) is 23.3 Å². The minimum atomic E-state index is -0.00692. The molecule has 4 bridgehead atoms. The molecule has 1 aromatic carbocycles. The van der Waals surface area contributed by atoms with E-state index in [1.807, 2.05) is 0 Å². The average molecular weight is 296 g/mol. The van der Waals surface area contributed by atoms with Gasteiger partial charge in [0.1, 0.15) is 0 Å². The summed E-state index contributed by atoms with van der Waals surface area (Å²) in [4.78, 5) is 13.4. The molecule has 0 spiro atoms. The number of Topliss-reactive ketones (excluding diaryl/α,β-unsaturated/α-hetero) is 1. The van der Waals surface area contributed by atoms with E-state index in [1.165, 1.54) is 48.6 Å². The van der Waals surface area contributed by atoms with Crippen molar-refractivity contribution in [2.75, 3.05) is 0 Å². The van der Waals surface area contributed by atoms with Gasteiger partial charge in [0.2, 0.25) is 0 Å². The highest BCUT2D eigenvalue weighted by Gasteiger charge is 2.54. The molecule has 1 aromatic heterocycles. The van der Waals surface area contributed by atoms with Crippen LogP contribution in [-0.2, 0) is 0 Å². The van der Waals surface area contributed by atoms with Crippen molar-refractivity contribution in [1.82, 2.24) is 0 Å². The van der Waals surface area contributed by atoms with Crippen LogP contribution in [0.5, 0.6) is 0 Å². The van der Waals surface area contributed by atoms with Gasteiger partial charge in [-0.1, -0.05) is 12.1 Å². The van der Waals surface area contributed by atoms with Crippen LogP contribution >= 0.6 is 11.3 Å². The summed E-state index contributed by atoms with van der Waals surface area (Å²) >= 11 is 1.73. The van der Waals surface area contributed by atoms with Gasteiger partial charge in [-0.05, 0) is 79.2 Å². The minimum absolute atomic E-state index is 0.00692. The molecule has 6 rings (SSSR count). The van der Waals surface area contributed by atoms with Gasteiger partial charge in [0.25, 0.3) is 0 Å². The van der Waals surface area contributed by atoms with Gasteiger partial charge in [0.15, 0.2) is 5.78 Å². The van der Waals surface area contributed by atoms with E-state index in [2.05, 4.69) is 29.6 Å². The van der Waals surface area contributed by atoms with Crippen LogP contribution in [0, 0.1) is 23.2 Å². The fourth-order valence-electron chi connectivity index (χ4n) is 5.85. The molecule has 0 aliphatic heterocycles. The van der Waals surface area contributed by atoms with Crippen LogP contribution in [0.1, 0.15) is 48.9 Å². The molecule has 0 atom stereocenters. The molecule has 0 unspecified atom stereocenters. The standard InChI is InChI=1S/C19H20OS/c20-18(16-3-1-2-15-4-5-21-17(15)16)19-9-12-6-13(10-19)8-14(7-12)11-19/h1-5,12-14H,6-11H2. The van der Waals surface area contributed by atoms with Crippen LogP contribution in [0.4, 0.5) is 0 Å². The summed E-state index contributed by atoms with van der Waals surface area (Å²) in [6.45, 7) is 0. The van der Waals surface area contributed by atoms with Gasteiger partial charge in [0.05, 0.1) is 0 Å². The highest BCUT2D eigenvalue weighted by Crippen LogP contribution is 2.61. The Hall–Kier alpha value is -1.15. The number of hydrogen-bond acceptors (Lipinski definition) is 2. The Kier molecular flexibility index (Phi) is 2.48. The monoisotopic (exact) mass is 296 g/mol. The Balaban J connectivity index is 1.61. The molecule has 2 heteroatoms. The Morgan fingerprint density at radius 2 is 1.67 bits per heavy atom. The first kappa shape index (κ1) is 12.4. The molecular formula is C19H20OS. The van der Waals surface area contributed by atoms with Crippen LogP contribution in [0.25, 0.3) is 10.1 Å². The predicted octanol–water partition coefficient (Wildman–Crippen LogP) is 5.30. The molecule has 4 fully saturated rings. The van der Waals surface area contributed by atoms with E-state index in [1.54, 1.807) is 11.3 Å². The van der Waals surface area contributed by atoms with Gasteiger partial charge in [-0.25, -0.2) is 0 Å². The lowest BCUT2D eigenvalue weighted by molar-refractivity contribution is -0.0352. The van der Waals surface area contributed by atoms with Crippen molar-refractivity contribution in [2.24, 2.45) is 23.2 Å². The van der Waals surface area contributed by atoms with Gasteiger partial charge in [-0.3, -0.25) is 4.79 Å². The molecule has 0 radical (unpaired) electrons. The number of carbonyl (C=O) groups is 1. The Morgan fingerprint density at radius 3 is 2.33 bits per heavy atom. The molecule has 1 heterocycles. The van der Waals surface area contributed by atoms with Crippen molar-refractivity contribution in [3.63, 3.8) is 0 Å². The second kappa shape index (κ2) is 4.19. The third-order valence-corrected chi connectivity index (χ3v) is 7.21. The smallest absolute Gasteiger partial charge is 0.170 e. The van der Waals surface area contributed by atoms with E-state index < -0.39 is 0 Å². The molecular weight excluding hydrogens is 276 g/mol. The highest BCUT2D eigenvalue weighted by molar-refractivity contribution is 7.17. The lowest BCUT2D eigenvalue weighted by atomic mass is 9.48. The van der Waals surface area contributed by atoms with E-state index in [0.29, 0.717) is 5.78 Å². The van der Waals surface area contributed by atoms with Gasteiger partial charge >= 0.3 is 0 Å². The second-order valence-corrected chi connectivity index (χ2v) is 8.59. The van der Waals surface area contributed by atoms with E-state index >= 15 is 0 Å². The maximum absolute atomic E-state index is 13.4. The fraction of sp³-hybridized carbons (Fsp3) is 0.526. The molecule has 0 saturated heterocycles. The Bertz CT molecular complexity index is 691. The van der Waals surface area contributed by atoms with Crippen molar-refractivity contribution in [2.45, 2.75) is 38.5 Å². The summed E-state index contributed by atoms with van der Waals surface area (Å²) in [6.07, 6.45) is 7.69. The normalized spacial score (nSPS) is 37.2. The van der Waals surface area contributed by atoms with E-state index in [-0.39, 0.29) is 5.41 Å². The highest BCUT2D eigenvalue weighted by atomic mass is 32.1. The number of ketones is 1. The third-order valence-electron chi connectivity index (χ3n) is 6.24. The topological polar surface area (TPSA) is 17.1 Å². The second-order valence-electron chi connectivity index (χ2n) is 7.67. The van der Waals surface area contributed by atoms with Gasteiger partial charge < -0.3 is 0 Å². The minimum Gasteiger partial charge on any atom is -0.294 e. The van der Waals surface area contributed by atoms with Crippen LogP contribution in [0.2, 0.25) is 0 Å². The number of hydrogen-bond donors (Lipinski definition) is 0. The molecule has 0 N–H and O–H groups in total. The number of benzene rings is 1. The number of rotatable bonds is 2. The lowest BCUT2D eigenvalue weighted by Crippen LogP contribution is -2.50. The number of fused-ring (bicyclic) bond motifs is 1. The van der Waals surface area contributed by atoms with Gasteiger partial charge in [0, 0.05) is 15.7 Å². The first-order chi connectivity index (χ1) is 10.2. The molecule has 1 nitrogen and oxygen atoms in total. The van der Waals surface area contributed by atoms with Gasteiger partial charge in [-0.15, -0.1) is 11.3 Å². The molecule has 2 aromatic rings. The predicted molar refractivity (Wildman–Crippen MR) is 86.8 cm³/mol. The van der Waals surface area contributed by atoms with Gasteiger partial charge in [-0.2, -0.15) is 0 Å². The van der Waals surface area contributed by atoms with Crippen LogP contribution in [0.3, 0.4) is 0 Å².